The normalized spacial score (nSPS) is 15.9. The van der Waals surface area contributed by atoms with Gasteiger partial charge in [0.05, 0.1) is 18.5 Å². The van der Waals surface area contributed by atoms with Crippen molar-refractivity contribution in [2.75, 3.05) is 6.54 Å². The predicted octanol–water partition coefficient (Wildman–Crippen LogP) is 2.40. The molecule has 1 atom stereocenters. The first kappa shape index (κ1) is 20.9. The molecule has 1 aliphatic rings. The van der Waals surface area contributed by atoms with Crippen molar-refractivity contribution in [1.82, 2.24) is 19.4 Å². The number of hydrogen-bond donors (Lipinski definition) is 2. The number of hydrogen-bond acceptors (Lipinski definition) is 4. The summed E-state index contributed by atoms with van der Waals surface area (Å²) in [7, 11) is 0. The van der Waals surface area contributed by atoms with Crippen LogP contribution in [-0.4, -0.2) is 44.4 Å². The van der Waals surface area contributed by atoms with Crippen molar-refractivity contribution in [3.8, 4) is 0 Å². The molecular formula is C22H22ClN5O3. The van der Waals surface area contributed by atoms with E-state index in [0.717, 1.165) is 15.4 Å². The lowest BCUT2D eigenvalue weighted by Gasteiger charge is -2.26. The number of nitrogens with one attached hydrogen (secondary N) is 1. The highest BCUT2D eigenvalue weighted by atomic mass is 35.5. The molecule has 9 heteroatoms. The van der Waals surface area contributed by atoms with Gasteiger partial charge >= 0.3 is 6.03 Å². The van der Waals surface area contributed by atoms with Gasteiger partial charge in [-0.2, -0.15) is 0 Å². The fourth-order valence-corrected chi connectivity index (χ4v) is 4.11. The number of benzene rings is 2. The third-order valence-electron chi connectivity index (χ3n) is 5.34. The van der Waals surface area contributed by atoms with Crippen LogP contribution >= 0.6 is 11.8 Å². The number of nitrogens with two attached hydrogens (primary N) is 1. The van der Waals surface area contributed by atoms with Gasteiger partial charge in [0.1, 0.15) is 6.04 Å². The van der Waals surface area contributed by atoms with Crippen molar-refractivity contribution >= 4 is 40.5 Å². The highest BCUT2D eigenvalue weighted by Gasteiger charge is 2.36. The van der Waals surface area contributed by atoms with E-state index in [9.17, 15) is 14.4 Å². The number of para-hydroxylation sites is 1. The fraction of sp³-hybridized carbons (Fsp3) is 0.227. The second-order valence-corrected chi connectivity index (χ2v) is 7.79. The summed E-state index contributed by atoms with van der Waals surface area (Å²) in [5.41, 5.74) is 10.6. The topological polar surface area (TPSA) is 101 Å². The number of halogens is 1. The molecule has 2 aromatic carbocycles. The molecule has 1 saturated heterocycles. The van der Waals surface area contributed by atoms with Gasteiger partial charge in [0.25, 0.3) is 5.91 Å². The van der Waals surface area contributed by atoms with E-state index < -0.39 is 12.1 Å². The summed E-state index contributed by atoms with van der Waals surface area (Å²) in [6.45, 7) is 0.729. The summed E-state index contributed by atoms with van der Waals surface area (Å²) < 4.78 is 2.44. The average Bonchev–Trinajstić information content (AvgIpc) is 3.39. The van der Waals surface area contributed by atoms with E-state index >= 15 is 0 Å². The van der Waals surface area contributed by atoms with Crippen LogP contribution in [0.5, 0.6) is 0 Å². The van der Waals surface area contributed by atoms with Gasteiger partial charge in [0, 0.05) is 29.9 Å². The smallest absolute Gasteiger partial charge is 0.323 e. The van der Waals surface area contributed by atoms with Gasteiger partial charge in [-0.25, -0.2) is 14.6 Å². The van der Waals surface area contributed by atoms with E-state index in [1.165, 1.54) is 9.58 Å². The Hall–Kier alpha value is -3.36. The first-order valence-electron chi connectivity index (χ1n) is 9.91. The number of hydrazine groups is 1. The van der Waals surface area contributed by atoms with Crippen molar-refractivity contribution in [3.63, 3.8) is 0 Å². The van der Waals surface area contributed by atoms with Crippen molar-refractivity contribution in [2.24, 2.45) is 5.73 Å². The van der Waals surface area contributed by atoms with Crippen LogP contribution in [0.15, 0.2) is 60.8 Å². The predicted molar refractivity (Wildman–Crippen MR) is 117 cm³/mol. The molecule has 0 saturated carbocycles. The van der Waals surface area contributed by atoms with Crippen LogP contribution in [0.1, 0.15) is 17.5 Å². The summed E-state index contributed by atoms with van der Waals surface area (Å²) in [5, 5.41) is 2.11. The zero-order valence-electron chi connectivity index (χ0n) is 16.7. The molecule has 160 valence electrons. The summed E-state index contributed by atoms with van der Waals surface area (Å²) in [6.07, 6.45) is 2.05. The minimum Gasteiger partial charge on any atom is -0.351 e. The molecule has 0 bridgehead atoms. The number of amides is 3. The second-order valence-electron chi connectivity index (χ2n) is 7.38. The van der Waals surface area contributed by atoms with Crippen LogP contribution in [0.3, 0.4) is 0 Å². The number of rotatable bonds is 5. The van der Waals surface area contributed by atoms with E-state index in [1.807, 2.05) is 42.5 Å². The minimum absolute atomic E-state index is 0.0124. The largest absolute Gasteiger partial charge is 0.351 e. The third-order valence-corrected chi connectivity index (χ3v) is 5.63. The molecule has 0 radical (unpaired) electrons. The van der Waals surface area contributed by atoms with Crippen LogP contribution in [0.25, 0.3) is 10.9 Å². The summed E-state index contributed by atoms with van der Waals surface area (Å²) >= 11 is 6.26. The number of fused-ring (bicyclic) bond motifs is 1. The lowest BCUT2D eigenvalue weighted by Crippen LogP contribution is -2.49. The molecule has 31 heavy (non-hydrogen) atoms. The Morgan fingerprint density at radius 1 is 1.10 bits per heavy atom. The van der Waals surface area contributed by atoms with E-state index in [-0.39, 0.29) is 24.8 Å². The Kier molecular flexibility index (Phi) is 5.92. The molecule has 4 rings (SSSR count). The lowest BCUT2D eigenvalue weighted by atomic mass is 10.1. The highest BCUT2D eigenvalue weighted by molar-refractivity contribution is 6.22. The quantitative estimate of drug-likeness (QED) is 0.596. The lowest BCUT2D eigenvalue weighted by molar-refractivity contribution is -0.143. The second kappa shape index (κ2) is 8.79. The van der Waals surface area contributed by atoms with Crippen LogP contribution in [0, 0.1) is 0 Å². The van der Waals surface area contributed by atoms with Crippen molar-refractivity contribution in [1.29, 1.82) is 0 Å². The first-order valence-corrected chi connectivity index (χ1v) is 10.2. The van der Waals surface area contributed by atoms with E-state index in [2.05, 4.69) is 5.43 Å². The fourth-order valence-electron chi connectivity index (χ4n) is 3.86. The Morgan fingerprint density at radius 3 is 2.55 bits per heavy atom. The summed E-state index contributed by atoms with van der Waals surface area (Å²) in [6, 6.07) is 15.3. The number of primary amides is 1. The average molecular weight is 440 g/mol. The maximum absolute atomic E-state index is 13.1. The van der Waals surface area contributed by atoms with E-state index in [1.54, 1.807) is 18.3 Å². The zero-order valence-corrected chi connectivity index (χ0v) is 17.5. The monoisotopic (exact) mass is 439 g/mol. The first-order chi connectivity index (χ1) is 15.0. The Labute approximate surface area is 184 Å². The van der Waals surface area contributed by atoms with Gasteiger partial charge in [0.15, 0.2) is 0 Å². The van der Waals surface area contributed by atoms with Crippen LogP contribution < -0.4 is 11.2 Å². The number of aromatic nitrogens is 1. The molecule has 0 spiro atoms. The summed E-state index contributed by atoms with van der Waals surface area (Å²) in [5.74, 6) is -0.628. The number of carbonyl (C=O) groups excluding carboxylic acids is 3. The molecule has 3 amide bonds. The maximum atomic E-state index is 13.1. The van der Waals surface area contributed by atoms with Gasteiger partial charge in [-0.1, -0.05) is 48.5 Å². The van der Waals surface area contributed by atoms with Crippen LogP contribution in [0.4, 0.5) is 4.79 Å². The molecular weight excluding hydrogens is 418 g/mol. The van der Waals surface area contributed by atoms with E-state index in [0.29, 0.717) is 24.0 Å². The van der Waals surface area contributed by atoms with Crippen molar-refractivity contribution in [2.45, 2.75) is 25.4 Å². The molecule has 1 aliphatic heterocycles. The minimum atomic E-state index is -0.696. The molecule has 0 aliphatic carbocycles. The van der Waals surface area contributed by atoms with Gasteiger partial charge in [-0.05, 0) is 23.6 Å². The maximum Gasteiger partial charge on any atom is 0.323 e. The molecule has 3 aromatic rings. The third kappa shape index (κ3) is 4.26. The van der Waals surface area contributed by atoms with Gasteiger partial charge in [-0.15, -0.1) is 0 Å². The van der Waals surface area contributed by atoms with E-state index in [4.69, 9.17) is 17.5 Å². The Balaban J connectivity index is 1.50. The van der Waals surface area contributed by atoms with Gasteiger partial charge in [0.2, 0.25) is 5.91 Å². The molecule has 3 N–H and O–H groups in total. The standard InChI is InChI=1S/C22H22ClN5O3/c23-27(13-15-6-2-1-3-7-15)21(30)19-10-11-25-28(19)20(29)12-16-14-26(22(24)31)18-9-5-4-8-17(16)18/h1-9,14,19,25H,10-13H2,(H2,24,31). The van der Waals surface area contributed by atoms with Gasteiger partial charge in [-0.3, -0.25) is 19.2 Å². The Morgan fingerprint density at radius 2 is 1.81 bits per heavy atom. The molecule has 1 unspecified atom stereocenters. The molecule has 8 nitrogen and oxygen atoms in total. The summed E-state index contributed by atoms with van der Waals surface area (Å²) in [4.78, 5) is 37.7. The van der Waals surface area contributed by atoms with Crippen molar-refractivity contribution < 1.29 is 14.4 Å². The van der Waals surface area contributed by atoms with Crippen LogP contribution in [0.2, 0.25) is 0 Å². The SMILES string of the molecule is NC(=O)n1cc(CC(=O)N2NCCC2C(=O)N(Cl)Cc2ccccc2)c2ccccc21. The molecule has 1 aromatic heterocycles. The van der Waals surface area contributed by atoms with Crippen molar-refractivity contribution in [3.05, 3.63) is 71.9 Å². The molecule has 2 heterocycles. The Bertz CT molecular complexity index is 1130. The van der Waals surface area contributed by atoms with Gasteiger partial charge < -0.3 is 5.73 Å². The molecule has 1 fully saturated rings. The highest BCUT2D eigenvalue weighted by Crippen LogP contribution is 2.23. The number of nitrogens with zero attached hydrogens (tertiary/aromatic N) is 3. The number of carbonyl (C=O) groups is 3. The zero-order chi connectivity index (χ0) is 22.0. The van der Waals surface area contributed by atoms with Crippen LogP contribution in [-0.2, 0) is 22.6 Å².